The summed E-state index contributed by atoms with van der Waals surface area (Å²) in [6.45, 7) is -0.0102. The minimum Gasteiger partial charge on any atom is -0.388 e. The van der Waals surface area contributed by atoms with Crippen molar-refractivity contribution in [1.82, 2.24) is 14.9 Å². The summed E-state index contributed by atoms with van der Waals surface area (Å²) in [4.78, 5) is 9.93. The lowest BCUT2D eigenvalue weighted by molar-refractivity contribution is -0.387. The van der Waals surface area contributed by atoms with Gasteiger partial charge >= 0.3 is 0 Å². The zero-order valence-corrected chi connectivity index (χ0v) is 11.8. The van der Waals surface area contributed by atoms with Crippen LogP contribution >= 0.6 is 0 Å². The molecule has 1 aromatic carbocycles. The van der Waals surface area contributed by atoms with Crippen LogP contribution in [0, 0.1) is 10.1 Å². The van der Waals surface area contributed by atoms with Crippen molar-refractivity contribution in [2.45, 2.75) is 11.4 Å². The smallest absolute Gasteiger partial charge is 0.291 e. The molecule has 2 rings (SSSR count). The molecular formula is C11H13N5O4S. The molecule has 0 spiro atoms. The molecule has 1 aromatic heterocycles. The molecular weight excluding hydrogens is 298 g/mol. The first-order valence-corrected chi connectivity index (χ1v) is 7.36. The number of nitrogens with zero attached hydrogens (tertiary/aromatic N) is 2. The van der Waals surface area contributed by atoms with E-state index in [0.29, 0.717) is 11.3 Å². The van der Waals surface area contributed by atoms with Crippen molar-refractivity contribution in [3.05, 3.63) is 46.3 Å². The van der Waals surface area contributed by atoms with Crippen LogP contribution in [0.2, 0.25) is 0 Å². The van der Waals surface area contributed by atoms with Crippen molar-refractivity contribution in [3.8, 4) is 0 Å². The van der Waals surface area contributed by atoms with E-state index >= 15 is 0 Å². The van der Waals surface area contributed by atoms with Gasteiger partial charge in [-0.15, -0.1) is 0 Å². The Balaban J connectivity index is 2.32. The molecule has 0 unspecified atom stereocenters. The van der Waals surface area contributed by atoms with Gasteiger partial charge in [0.05, 0.1) is 11.1 Å². The Labute approximate surface area is 120 Å². The van der Waals surface area contributed by atoms with Gasteiger partial charge in [0.1, 0.15) is 0 Å². The minimum absolute atomic E-state index is 0.0102. The van der Waals surface area contributed by atoms with Gasteiger partial charge in [0, 0.05) is 37.1 Å². The zero-order valence-electron chi connectivity index (χ0n) is 11.0. The molecule has 0 saturated carbocycles. The topological polar surface area (TPSA) is 130 Å². The highest BCUT2D eigenvalue weighted by atomic mass is 32.2. The fraction of sp³-hybridized carbons (Fsp3) is 0.182. The number of rotatable bonds is 6. The summed E-state index contributed by atoms with van der Waals surface area (Å²) in [6.07, 6.45) is 2.99. The van der Waals surface area contributed by atoms with E-state index in [2.05, 4.69) is 20.2 Å². The molecule has 0 fully saturated rings. The lowest BCUT2D eigenvalue weighted by Gasteiger charge is -2.08. The van der Waals surface area contributed by atoms with Gasteiger partial charge in [-0.05, 0) is 12.1 Å². The van der Waals surface area contributed by atoms with Gasteiger partial charge in [-0.25, -0.2) is 13.1 Å². The highest BCUT2D eigenvalue weighted by molar-refractivity contribution is 7.89. The van der Waals surface area contributed by atoms with Gasteiger partial charge in [0.15, 0.2) is 4.90 Å². The van der Waals surface area contributed by atoms with Crippen molar-refractivity contribution >= 4 is 21.4 Å². The second-order valence-electron chi connectivity index (χ2n) is 4.12. The molecule has 2 aromatic rings. The fourth-order valence-corrected chi connectivity index (χ4v) is 2.84. The van der Waals surface area contributed by atoms with E-state index in [-0.39, 0.29) is 11.4 Å². The van der Waals surface area contributed by atoms with Crippen LogP contribution in [0.5, 0.6) is 0 Å². The Hall–Kier alpha value is -2.46. The summed E-state index contributed by atoms with van der Waals surface area (Å²) in [6, 6.07) is 3.83. The quantitative estimate of drug-likeness (QED) is 0.535. The predicted molar refractivity (Wildman–Crippen MR) is 75.3 cm³/mol. The van der Waals surface area contributed by atoms with Crippen LogP contribution in [0.4, 0.5) is 11.4 Å². The highest BCUT2D eigenvalue weighted by Gasteiger charge is 2.25. The minimum atomic E-state index is -4.00. The first-order chi connectivity index (χ1) is 9.94. The van der Waals surface area contributed by atoms with Crippen molar-refractivity contribution in [2.24, 2.45) is 0 Å². The van der Waals surface area contributed by atoms with E-state index < -0.39 is 20.6 Å². The monoisotopic (exact) mass is 311 g/mol. The molecule has 0 bridgehead atoms. The Morgan fingerprint density at radius 2 is 2.19 bits per heavy atom. The molecule has 21 heavy (non-hydrogen) atoms. The third kappa shape index (κ3) is 3.35. The van der Waals surface area contributed by atoms with E-state index in [1.807, 2.05) is 0 Å². The van der Waals surface area contributed by atoms with Gasteiger partial charge < -0.3 is 5.32 Å². The molecule has 0 radical (unpaired) electrons. The molecule has 0 aliphatic carbocycles. The van der Waals surface area contributed by atoms with E-state index in [1.165, 1.54) is 30.6 Å². The first-order valence-electron chi connectivity index (χ1n) is 5.87. The van der Waals surface area contributed by atoms with E-state index in [0.717, 1.165) is 0 Å². The number of nitrogens with one attached hydrogen (secondary N) is 3. The summed E-state index contributed by atoms with van der Waals surface area (Å²) < 4.78 is 26.7. The zero-order chi connectivity index (χ0) is 15.5. The standard InChI is InChI=1S/C11H13N5O4S/c1-12-9-2-3-11(10(4-9)16(17)18)21(19,20)15-7-8-5-13-14-6-8/h2-6,12,15H,7H2,1H3,(H,13,14). The number of sulfonamides is 1. The number of hydrogen-bond acceptors (Lipinski definition) is 6. The number of benzene rings is 1. The average Bonchev–Trinajstić information content (AvgIpc) is 2.98. The maximum atomic E-state index is 12.2. The second kappa shape index (κ2) is 5.89. The van der Waals surface area contributed by atoms with Crippen molar-refractivity contribution in [3.63, 3.8) is 0 Å². The normalized spacial score (nSPS) is 11.3. The van der Waals surface area contributed by atoms with E-state index in [9.17, 15) is 18.5 Å². The van der Waals surface area contributed by atoms with Crippen LogP contribution in [0.15, 0.2) is 35.5 Å². The summed E-state index contributed by atoms with van der Waals surface area (Å²) in [7, 11) is -2.41. The maximum absolute atomic E-state index is 12.2. The lowest BCUT2D eigenvalue weighted by Crippen LogP contribution is -2.24. The number of aromatic nitrogens is 2. The third-order valence-electron chi connectivity index (χ3n) is 2.75. The number of nitro benzene ring substituents is 1. The lowest BCUT2D eigenvalue weighted by atomic mass is 10.3. The van der Waals surface area contributed by atoms with Crippen LogP contribution in [-0.2, 0) is 16.6 Å². The number of aromatic amines is 1. The van der Waals surface area contributed by atoms with Crippen LogP contribution in [-0.4, -0.2) is 30.6 Å². The molecule has 112 valence electrons. The Morgan fingerprint density at radius 3 is 2.76 bits per heavy atom. The van der Waals surface area contributed by atoms with Gasteiger partial charge in [-0.1, -0.05) is 0 Å². The SMILES string of the molecule is CNc1ccc(S(=O)(=O)NCc2cn[nH]c2)c([N+](=O)[O-])c1. The summed E-state index contributed by atoms with van der Waals surface area (Å²) in [5.41, 5.74) is 0.588. The van der Waals surface area contributed by atoms with Crippen molar-refractivity contribution < 1.29 is 13.3 Å². The molecule has 0 atom stereocenters. The van der Waals surface area contributed by atoms with Crippen molar-refractivity contribution in [1.29, 1.82) is 0 Å². The molecule has 1 heterocycles. The number of hydrogen-bond donors (Lipinski definition) is 3. The van der Waals surface area contributed by atoms with E-state index in [4.69, 9.17) is 0 Å². The van der Waals surface area contributed by atoms with Gasteiger partial charge in [0.2, 0.25) is 10.0 Å². The van der Waals surface area contributed by atoms with Crippen LogP contribution in [0.1, 0.15) is 5.56 Å². The fourth-order valence-electron chi connectivity index (χ4n) is 1.67. The summed E-state index contributed by atoms with van der Waals surface area (Å²) in [5.74, 6) is 0. The highest BCUT2D eigenvalue weighted by Crippen LogP contribution is 2.27. The average molecular weight is 311 g/mol. The van der Waals surface area contributed by atoms with Crippen LogP contribution < -0.4 is 10.0 Å². The molecule has 9 nitrogen and oxygen atoms in total. The maximum Gasteiger partial charge on any atom is 0.291 e. The molecule has 0 aliphatic rings. The predicted octanol–water partition coefficient (Wildman–Crippen LogP) is 0.838. The summed E-state index contributed by atoms with van der Waals surface area (Å²) >= 11 is 0. The first kappa shape index (κ1) is 14.9. The Bertz CT molecular complexity index is 742. The molecule has 10 heteroatoms. The number of nitro groups is 1. The van der Waals surface area contributed by atoms with E-state index in [1.54, 1.807) is 7.05 Å². The second-order valence-corrected chi connectivity index (χ2v) is 5.86. The molecule has 0 aliphatic heterocycles. The Morgan fingerprint density at radius 1 is 1.43 bits per heavy atom. The van der Waals surface area contributed by atoms with Crippen molar-refractivity contribution in [2.75, 3.05) is 12.4 Å². The number of H-pyrrole nitrogens is 1. The van der Waals surface area contributed by atoms with Crippen LogP contribution in [0.3, 0.4) is 0 Å². The van der Waals surface area contributed by atoms with Gasteiger partial charge in [-0.2, -0.15) is 5.10 Å². The Kier molecular flexibility index (Phi) is 4.19. The third-order valence-corrected chi connectivity index (χ3v) is 4.20. The largest absolute Gasteiger partial charge is 0.388 e. The van der Waals surface area contributed by atoms with Crippen LogP contribution in [0.25, 0.3) is 0 Å². The molecule has 0 amide bonds. The van der Waals surface area contributed by atoms with Gasteiger partial charge in [0.25, 0.3) is 5.69 Å². The molecule has 0 saturated heterocycles. The van der Waals surface area contributed by atoms with Gasteiger partial charge in [-0.3, -0.25) is 15.2 Å². The number of anilines is 1. The summed E-state index contributed by atoms with van der Waals surface area (Å²) in [5, 5.41) is 20.0. The molecule has 3 N–H and O–H groups in total.